The SMILES string of the molecule is CCCC12C[NH+]3CC(CCC)(C[NH+](C1)C3c1ccccn1)C2=O. The number of Topliss-reactive ketones (excluding diaryl/α,β-unsaturated/α-hetero) is 1. The topological polar surface area (TPSA) is 38.8 Å². The smallest absolute Gasteiger partial charge is 0.257 e. The minimum Gasteiger partial charge on any atom is -0.297 e. The molecule has 0 aliphatic carbocycles. The molecule has 23 heavy (non-hydrogen) atoms. The highest BCUT2D eigenvalue weighted by Crippen LogP contribution is 2.42. The molecule has 0 spiro atoms. The number of carbonyl (C=O) groups is 1. The zero-order valence-electron chi connectivity index (χ0n) is 14.4. The van der Waals surface area contributed by atoms with Crippen LogP contribution in [0.4, 0.5) is 0 Å². The van der Waals surface area contributed by atoms with Crippen molar-refractivity contribution in [2.24, 2.45) is 10.8 Å². The Bertz CT molecular complexity index is 556. The molecule has 124 valence electrons. The normalized spacial score (nSPS) is 41.5. The monoisotopic (exact) mass is 315 g/mol. The number of nitrogens with zero attached hydrogens (tertiary/aromatic N) is 1. The molecule has 4 heteroatoms. The van der Waals surface area contributed by atoms with E-state index in [0.717, 1.165) is 51.9 Å². The van der Waals surface area contributed by atoms with Crippen LogP contribution in [0.5, 0.6) is 0 Å². The second-order valence-electron chi connectivity index (χ2n) is 8.10. The first kappa shape index (κ1) is 15.3. The lowest BCUT2D eigenvalue weighted by molar-refractivity contribution is -1.18. The number of aromatic nitrogens is 1. The van der Waals surface area contributed by atoms with Gasteiger partial charge in [-0.25, -0.2) is 4.98 Å². The highest BCUT2D eigenvalue weighted by atomic mass is 16.1. The highest BCUT2D eigenvalue weighted by molar-refractivity contribution is 5.92. The molecule has 5 heterocycles. The van der Waals surface area contributed by atoms with E-state index in [1.165, 1.54) is 5.69 Å². The summed E-state index contributed by atoms with van der Waals surface area (Å²) in [6.45, 7) is 8.55. The van der Waals surface area contributed by atoms with E-state index in [9.17, 15) is 4.79 Å². The molecule has 0 radical (unpaired) electrons. The Hall–Kier alpha value is -1.26. The zero-order valence-corrected chi connectivity index (χ0v) is 14.4. The maximum Gasteiger partial charge on any atom is 0.257 e. The number of nitrogens with one attached hydrogen (secondary N) is 2. The summed E-state index contributed by atoms with van der Waals surface area (Å²) in [5.41, 5.74) is 1.09. The van der Waals surface area contributed by atoms with E-state index in [2.05, 4.69) is 31.0 Å². The fourth-order valence-corrected chi connectivity index (χ4v) is 6.07. The lowest BCUT2D eigenvalue weighted by atomic mass is 9.57. The van der Waals surface area contributed by atoms with Crippen molar-refractivity contribution in [3.63, 3.8) is 0 Å². The predicted molar refractivity (Wildman–Crippen MR) is 88.1 cm³/mol. The van der Waals surface area contributed by atoms with Gasteiger partial charge in [0.2, 0.25) is 0 Å². The van der Waals surface area contributed by atoms with Gasteiger partial charge in [-0.05, 0) is 25.0 Å². The standard InChI is InChI=1S/C19H27N3O/c1-3-8-18-11-21-13-19(9-4-2,17(18)23)14-22(12-18)16(21)15-7-5-6-10-20-15/h5-7,10,16H,3-4,8-9,11-14H2,1-2H3/p+2. The van der Waals surface area contributed by atoms with Gasteiger partial charge in [0.05, 0.1) is 0 Å². The van der Waals surface area contributed by atoms with Crippen LogP contribution in [0.25, 0.3) is 0 Å². The van der Waals surface area contributed by atoms with E-state index >= 15 is 0 Å². The molecular formula is C19H29N3O+2. The van der Waals surface area contributed by atoms with Crippen molar-refractivity contribution in [1.29, 1.82) is 0 Å². The number of ketones is 1. The van der Waals surface area contributed by atoms with Crippen molar-refractivity contribution in [2.45, 2.75) is 45.7 Å². The van der Waals surface area contributed by atoms with Crippen LogP contribution in [0, 0.1) is 10.8 Å². The second kappa shape index (κ2) is 5.38. The molecule has 4 aliphatic heterocycles. The van der Waals surface area contributed by atoms with Crippen LogP contribution < -0.4 is 9.80 Å². The van der Waals surface area contributed by atoms with Crippen molar-refractivity contribution >= 4 is 5.78 Å². The van der Waals surface area contributed by atoms with Crippen LogP contribution in [0.1, 0.15) is 51.4 Å². The Balaban J connectivity index is 1.73. The Kier molecular flexibility index (Phi) is 3.58. The fourth-order valence-electron chi connectivity index (χ4n) is 6.07. The van der Waals surface area contributed by atoms with E-state index in [1.54, 1.807) is 9.80 Å². The molecule has 4 aliphatic rings. The van der Waals surface area contributed by atoms with Crippen LogP contribution in [0.3, 0.4) is 0 Å². The molecule has 0 unspecified atom stereocenters. The second-order valence-corrected chi connectivity index (χ2v) is 8.10. The summed E-state index contributed by atoms with van der Waals surface area (Å²) < 4.78 is 0. The zero-order chi connectivity index (χ0) is 16.1. The van der Waals surface area contributed by atoms with Gasteiger partial charge in [0.1, 0.15) is 37.0 Å². The van der Waals surface area contributed by atoms with Crippen LogP contribution in [0.2, 0.25) is 0 Å². The minimum absolute atomic E-state index is 0.0592. The molecule has 5 rings (SSSR count). The molecule has 2 N–H and O–H groups in total. The van der Waals surface area contributed by atoms with E-state index in [0.29, 0.717) is 11.9 Å². The van der Waals surface area contributed by atoms with Gasteiger partial charge in [-0.15, -0.1) is 0 Å². The first-order valence-corrected chi connectivity index (χ1v) is 9.29. The van der Waals surface area contributed by atoms with Gasteiger partial charge in [-0.1, -0.05) is 32.8 Å². The van der Waals surface area contributed by atoms with E-state index in [-0.39, 0.29) is 10.8 Å². The summed E-state index contributed by atoms with van der Waals surface area (Å²) in [5.74, 6) is 0.612. The molecule has 0 atom stereocenters. The molecule has 0 saturated carbocycles. The largest absolute Gasteiger partial charge is 0.297 e. The first-order valence-electron chi connectivity index (χ1n) is 9.29. The number of quaternary nitrogens is 2. The molecule has 4 saturated heterocycles. The third-order valence-corrected chi connectivity index (χ3v) is 6.48. The quantitative estimate of drug-likeness (QED) is 0.805. The fraction of sp³-hybridized carbons (Fsp3) is 0.684. The minimum atomic E-state index is -0.0592. The molecule has 0 aromatic carbocycles. The number of hydrogen-bond acceptors (Lipinski definition) is 2. The molecule has 4 fully saturated rings. The van der Waals surface area contributed by atoms with Crippen molar-refractivity contribution in [1.82, 2.24) is 4.98 Å². The van der Waals surface area contributed by atoms with Gasteiger partial charge in [0, 0.05) is 6.20 Å². The number of rotatable bonds is 5. The predicted octanol–water partition coefficient (Wildman–Crippen LogP) is 0.0329. The van der Waals surface area contributed by atoms with Crippen LogP contribution in [-0.4, -0.2) is 36.9 Å². The average molecular weight is 315 g/mol. The summed E-state index contributed by atoms with van der Waals surface area (Å²) in [7, 11) is 0. The average Bonchev–Trinajstić information content (AvgIpc) is 2.53. The number of piperidine rings is 2. The molecular weight excluding hydrogens is 286 g/mol. The van der Waals surface area contributed by atoms with Crippen LogP contribution in [-0.2, 0) is 4.79 Å². The maximum absolute atomic E-state index is 13.4. The Morgan fingerprint density at radius 3 is 2.04 bits per heavy atom. The van der Waals surface area contributed by atoms with Gasteiger partial charge in [0.25, 0.3) is 6.17 Å². The lowest BCUT2D eigenvalue weighted by Gasteiger charge is -2.60. The summed E-state index contributed by atoms with van der Waals surface area (Å²) in [4.78, 5) is 21.3. The Labute approximate surface area is 138 Å². The molecule has 4 nitrogen and oxygen atoms in total. The number of carbonyl (C=O) groups excluding carboxylic acids is 1. The highest BCUT2D eigenvalue weighted by Gasteiger charge is 2.70. The van der Waals surface area contributed by atoms with Crippen molar-refractivity contribution in [3.05, 3.63) is 30.1 Å². The Morgan fingerprint density at radius 1 is 1.04 bits per heavy atom. The maximum atomic E-state index is 13.4. The lowest BCUT2D eigenvalue weighted by Crippen LogP contribution is -3.41. The van der Waals surface area contributed by atoms with Gasteiger partial charge in [0.15, 0.2) is 11.5 Å². The van der Waals surface area contributed by atoms with E-state index < -0.39 is 0 Å². The van der Waals surface area contributed by atoms with Gasteiger partial charge in [-0.3, -0.25) is 14.6 Å². The summed E-state index contributed by atoms with van der Waals surface area (Å²) in [5, 5.41) is 0. The van der Waals surface area contributed by atoms with E-state index in [1.807, 2.05) is 12.3 Å². The number of pyridine rings is 1. The van der Waals surface area contributed by atoms with E-state index in [4.69, 9.17) is 0 Å². The molecule has 4 bridgehead atoms. The third-order valence-electron chi connectivity index (χ3n) is 6.48. The first-order chi connectivity index (χ1) is 11.1. The third kappa shape index (κ3) is 2.11. The van der Waals surface area contributed by atoms with Crippen molar-refractivity contribution in [3.8, 4) is 0 Å². The summed E-state index contributed by atoms with van der Waals surface area (Å²) >= 11 is 0. The summed E-state index contributed by atoms with van der Waals surface area (Å²) in [6, 6.07) is 6.27. The van der Waals surface area contributed by atoms with Gasteiger partial charge >= 0.3 is 0 Å². The van der Waals surface area contributed by atoms with Crippen molar-refractivity contribution < 1.29 is 14.6 Å². The van der Waals surface area contributed by atoms with Crippen LogP contribution in [0.15, 0.2) is 24.4 Å². The molecule has 1 aromatic heterocycles. The molecule has 0 amide bonds. The molecule has 1 aromatic rings. The van der Waals surface area contributed by atoms with Crippen molar-refractivity contribution in [2.75, 3.05) is 26.2 Å². The van der Waals surface area contributed by atoms with Crippen LogP contribution >= 0.6 is 0 Å². The summed E-state index contributed by atoms with van der Waals surface area (Å²) in [6.07, 6.45) is 6.71. The van der Waals surface area contributed by atoms with Gasteiger partial charge in [-0.2, -0.15) is 0 Å². The number of hydrogen-bond donors (Lipinski definition) is 2. The van der Waals surface area contributed by atoms with Gasteiger partial charge < -0.3 is 0 Å². The Morgan fingerprint density at radius 2 is 1.61 bits per heavy atom.